The molecule has 0 bridgehead atoms. The Kier molecular flexibility index (Phi) is 1.99. The standard InChI is InChI=1S/C9H9FN2O2/c10-5-3-6-8(7(11)4-5)14-2-1-12-9(6)13/h3-4H,1-2,11H2,(H,12,13). The molecule has 1 heterocycles. The van der Waals surface area contributed by atoms with E-state index in [-0.39, 0.29) is 22.9 Å². The number of anilines is 1. The number of halogens is 1. The van der Waals surface area contributed by atoms with Crippen LogP contribution in [-0.2, 0) is 0 Å². The highest BCUT2D eigenvalue weighted by molar-refractivity contribution is 5.98. The second kappa shape index (κ2) is 3.17. The molecule has 0 aliphatic carbocycles. The minimum absolute atomic E-state index is 0.150. The molecule has 14 heavy (non-hydrogen) atoms. The molecular formula is C9H9FN2O2. The lowest BCUT2D eigenvalue weighted by Crippen LogP contribution is -2.24. The Morgan fingerprint density at radius 1 is 1.50 bits per heavy atom. The molecule has 0 saturated carbocycles. The van der Waals surface area contributed by atoms with Gasteiger partial charge in [0.2, 0.25) is 0 Å². The minimum atomic E-state index is -0.540. The molecule has 0 unspecified atom stereocenters. The molecular weight excluding hydrogens is 187 g/mol. The fourth-order valence-corrected chi connectivity index (χ4v) is 1.36. The molecule has 0 radical (unpaired) electrons. The van der Waals surface area contributed by atoms with E-state index in [4.69, 9.17) is 10.5 Å². The largest absolute Gasteiger partial charge is 0.489 e. The van der Waals surface area contributed by atoms with Crippen molar-refractivity contribution in [1.29, 1.82) is 0 Å². The van der Waals surface area contributed by atoms with Crippen LogP contribution in [0.5, 0.6) is 5.75 Å². The van der Waals surface area contributed by atoms with Crippen molar-refractivity contribution < 1.29 is 13.9 Å². The molecule has 0 atom stereocenters. The maximum absolute atomic E-state index is 12.9. The minimum Gasteiger partial charge on any atom is -0.489 e. The van der Waals surface area contributed by atoms with E-state index in [1.54, 1.807) is 0 Å². The molecule has 1 amide bonds. The number of hydrogen-bond donors (Lipinski definition) is 2. The maximum atomic E-state index is 12.9. The number of nitrogens with one attached hydrogen (secondary N) is 1. The zero-order valence-corrected chi connectivity index (χ0v) is 7.34. The molecule has 0 aromatic heterocycles. The highest BCUT2D eigenvalue weighted by Gasteiger charge is 2.19. The summed E-state index contributed by atoms with van der Waals surface area (Å²) in [7, 11) is 0. The van der Waals surface area contributed by atoms with Crippen LogP contribution in [0.2, 0.25) is 0 Å². The molecule has 2 rings (SSSR count). The van der Waals surface area contributed by atoms with Gasteiger partial charge < -0.3 is 15.8 Å². The van der Waals surface area contributed by atoms with Crippen LogP contribution in [0.25, 0.3) is 0 Å². The van der Waals surface area contributed by atoms with Gasteiger partial charge in [0.05, 0.1) is 17.8 Å². The number of nitrogen functional groups attached to an aromatic ring is 1. The van der Waals surface area contributed by atoms with Crippen molar-refractivity contribution in [3.05, 3.63) is 23.5 Å². The second-order valence-electron chi connectivity index (χ2n) is 2.98. The molecule has 5 heteroatoms. The third-order valence-electron chi connectivity index (χ3n) is 1.96. The van der Waals surface area contributed by atoms with Gasteiger partial charge >= 0.3 is 0 Å². The van der Waals surface area contributed by atoms with Gasteiger partial charge in [-0.1, -0.05) is 0 Å². The van der Waals surface area contributed by atoms with Gasteiger partial charge in [-0.2, -0.15) is 0 Å². The van der Waals surface area contributed by atoms with Crippen LogP contribution in [0.15, 0.2) is 12.1 Å². The van der Waals surface area contributed by atoms with Crippen molar-refractivity contribution in [2.24, 2.45) is 0 Å². The number of carbonyl (C=O) groups excluding carboxylic acids is 1. The summed E-state index contributed by atoms with van der Waals surface area (Å²) in [5, 5.41) is 2.57. The summed E-state index contributed by atoms with van der Waals surface area (Å²) in [6.45, 7) is 0.739. The van der Waals surface area contributed by atoms with Gasteiger partial charge in [-0.3, -0.25) is 4.79 Å². The van der Waals surface area contributed by atoms with E-state index >= 15 is 0 Å². The molecule has 3 N–H and O–H groups in total. The molecule has 1 aromatic carbocycles. The van der Waals surface area contributed by atoms with E-state index < -0.39 is 5.82 Å². The fourth-order valence-electron chi connectivity index (χ4n) is 1.36. The monoisotopic (exact) mass is 196 g/mol. The van der Waals surface area contributed by atoms with Crippen LogP contribution >= 0.6 is 0 Å². The van der Waals surface area contributed by atoms with Gasteiger partial charge in [-0.05, 0) is 6.07 Å². The fraction of sp³-hybridized carbons (Fsp3) is 0.222. The Morgan fingerprint density at radius 2 is 2.29 bits per heavy atom. The summed E-state index contributed by atoms with van der Waals surface area (Å²) >= 11 is 0. The highest BCUT2D eigenvalue weighted by atomic mass is 19.1. The SMILES string of the molecule is Nc1cc(F)cc2c1OCCNC2=O. The lowest BCUT2D eigenvalue weighted by atomic mass is 10.1. The summed E-state index contributed by atoms with van der Waals surface area (Å²) < 4.78 is 18.2. The molecule has 0 fully saturated rings. The van der Waals surface area contributed by atoms with Crippen LogP contribution in [0, 0.1) is 5.82 Å². The Hall–Kier alpha value is -1.78. The van der Waals surface area contributed by atoms with Crippen molar-refractivity contribution in [2.45, 2.75) is 0 Å². The van der Waals surface area contributed by atoms with Crippen molar-refractivity contribution in [3.63, 3.8) is 0 Å². The summed E-state index contributed by atoms with van der Waals surface area (Å²) in [4.78, 5) is 11.4. The topological polar surface area (TPSA) is 64.3 Å². The number of carbonyl (C=O) groups is 1. The Balaban J connectivity index is 2.58. The van der Waals surface area contributed by atoms with Gasteiger partial charge in [-0.25, -0.2) is 4.39 Å². The van der Waals surface area contributed by atoms with E-state index in [1.807, 2.05) is 0 Å². The summed E-state index contributed by atoms with van der Waals surface area (Å²) in [6, 6.07) is 2.25. The van der Waals surface area contributed by atoms with Crippen LogP contribution in [0.3, 0.4) is 0 Å². The molecule has 0 saturated heterocycles. The number of ether oxygens (including phenoxy) is 1. The normalized spacial score (nSPS) is 15.1. The first-order valence-corrected chi connectivity index (χ1v) is 4.18. The predicted octanol–water partition coefficient (Wildman–Crippen LogP) is 0.530. The second-order valence-corrected chi connectivity index (χ2v) is 2.98. The summed E-state index contributed by atoms with van der Waals surface area (Å²) in [5.41, 5.74) is 5.83. The lowest BCUT2D eigenvalue weighted by molar-refractivity contribution is 0.0956. The van der Waals surface area contributed by atoms with Crippen LogP contribution in [0.1, 0.15) is 10.4 Å². The number of nitrogens with two attached hydrogens (primary N) is 1. The van der Waals surface area contributed by atoms with Crippen LogP contribution in [-0.4, -0.2) is 19.1 Å². The first kappa shape index (κ1) is 8.80. The molecule has 1 aliphatic rings. The quantitative estimate of drug-likeness (QED) is 0.595. The van der Waals surface area contributed by atoms with Crippen LogP contribution in [0.4, 0.5) is 10.1 Å². The van der Waals surface area contributed by atoms with Gasteiger partial charge in [0, 0.05) is 6.07 Å². The highest BCUT2D eigenvalue weighted by Crippen LogP contribution is 2.28. The van der Waals surface area contributed by atoms with Gasteiger partial charge in [-0.15, -0.1) is 0 Å². The molecule has 1 aliphatic heterocycles. The number of amides is 1. The van der Waals surface area contributed by atoms with E-state index in [0.29, 0.717) is 13.2 Å². The smallest absolute Gasteiger partial charge is 0.255 e. The van der Waals surface area contributed by atoms with E-state index in [0.717, 1.165) is 12.1 Å². The average molecular weight is 196 g/mol. The molecule has 74 valence electrons. The predicted molar refractivity (Wildman–Crippen MR) is 48.6 cm³/mol. The third kappa shape index (κ3) is 1.37. The first-order chi connectivity index (χ1) is 6.68. The van der Waals surface area contributed by atoms with Crippen molar-refractivity contribution in [2.75, 3.05) is 18.9 Å². The third-order valence-corrected chi connectivity index (χ3v) is 1.96. The van der Waals surface area contributed by atoms with Crippen molar-refractivity contribution in [3.8, 4) is 5.75 Å². The maximum Gasteiger partial charge on any atom is 0.255 e. The number of fused-ring (bicyclic) bond motifs is 1. The number of hydrogen-bond acceptors (Lipinski definition) is 3. The Labute approximate surface area is 79.9 Å². The molecule has 4 nitrogen and oxygen atoms in total. The Bertz CT molecular complexity index is 393. The van der Waals surface area contributed by atoms with Crippen molar-refractivity contribution in [1.82, 2.24) is 5.32 Å². The average Bonchev–Trinajstić information content (AvgIpc) is 2.29. The lowest BCUT2D eigenvalue weighted by Gasteiger charge is -2.08. The zero-order valence-electron chi connectivity index (χ0n) is 7.34. The molecule has 1 aromatic rings. The van der Waals surface area contributed by atoms with E-state index in [2.05, 4.69) is 5.32 Å². The molecule has 0 spiro atoms. The number of benzene rings is 1. The summed E-state index contributed by atoms with van der Waals surface area (Å²) in [5.74, 6) is -0.632. The van der Waals surface area contributed by atoms with Gasteiger partial charge in [0.1, 0.15) is 12.4 Å². The van der Waals surface area contributed by atoms with Crippen LogP contribution < -0.4 is 15.8 Å². The van der Waals surface area contributed by atoms with E-state index in [9.17, 15) is 9.18 Å². The van der Waals surface area contributed by atoms with E-state index in [1.165, 1.54) is 0 Å². The first-order valence-electron chi connectivity index (χ1n) is 4.18. The van der Waals surface area contributed by atoms with Gasteiger partial charge in [0.25, 0.3) is 5.91 Å². The Morgan fingerprint density at radius 3 is 3.07 bits per heavy atom. The van der Waals surface area contributed by atoms with Gasteiger partial charge in [0.15, 0.2) is 5.75 Å². The summed E-state index contributed by atoms with van der Waals surface area (Å²) in [6.07, 6.45) is 0. The number of rotatable bonds is 0. The van der Waals surface area contributed by atoms with Crippen molar-refractivity contribution >= 4 is 11.6 Å². The zero-order chi connectivity index (χ0) is 10.1.